The molecule has 0 aliphatic heterocycles. The number of nitrogens with one attached hydrogen (secondary N) is 2. The van der Waals surface area contributed by atoms with E-state index < -0.39 is 18.4 Å². The fourth-order valence-corrected chi connectivity index (χ4v) is 2.96. The molecular formula is C19H20N2O4S. The third-order valence-corrected chi connectivity index (χ3v) is 4.72. The third kappa shape index (κ3) is 6.25. The molecule has 0 aliphatic rings. The number of carboxylic acid groups (broad SMARTS) is 1. The Morgan fingerprint density at radius 3 is 2.50 bits per heavy atom. The number of aliphatic carboxylic acids is 1. The molecule has 3 N–H and O–H groups in total. The summed E-state index contributed by atoms with van der Waals surface area (Å²) in [5.41, 5.74) is 1.92. The van der Waals surface area contributed by atoms with Crippen molar-refractivity contribution < 1.29 is 19.5 Å². The minimum Gasteiger partial charge on any atom is -0.480 e. The van der Waals surface area contributed by atoms with Gasteiger partial charge in [-0.3, -0.25) is 14.4 Å². The van der Waals surface area contributed by atoms with Crippen LogP contribution in [0.25, 0.3) is 0 Å². The molecule has 0 unspecified atom stereocenters. The maximum atomic E-state index is 12.3. The first-order valence-electron chi connectivity index (χ1n) is 8.02. The number of thioether (sulfide) groups is 1. The van der Waals surface area contributed by atoms with E-state index in [1.54, 1.807) is 18.2 Å². The summed E-state index contributed by atoms with van der Waals surface area (Å²) in [4.78, 5) is 34.7. The van der Waals surface area contributed by atoms with Crippen LogP contribution in [0.5, 0.6) is 0 Å². The molecule has 136 valence electrons. The minimum absolute atomic E-state index is 0.158. The lowest BCUT2D eigenvalue weighted by Gasteiger charge is -2.13. The first-order chi connectivity index (χ1) is 12.5. The van der Waals surface area contributed by atoms with Gasteiger partial charge < -0.3 is 15.7 Å². The predicted molar refractivity (Wildman–Crippen MR) is 102 cm³/mol. The number of carbonyl (C=O) groups is 3. The average molecular weight is 372 g/mol. The molecule has 26 heavy (non-hydrogen) atoms. The second kappa shape index (κ2) is 9.62. The number of amides is 2. The minimum atomic E-state index is -1.12. The molecule has 1 atom stereocenters. The molecular weight excluding hydrogens is 352 g/mol. The van der Waals surface area contributed by atoms with Crippen LogP contribution in [0.15, 0.2) is 54.6 Å². The van der Waals surface area contributed by atoms with E-state index in [0.29, 0.717) is 5.69 Å². The maximum Gasteiger partial charge on any atom is 0.322 e. The Hall–Kier alpha value is -2.80. The third-order valence-electron chi connectivity index (χ3n) is 3.50. The van der Waals surface area contributed by atoms with Crippen molar-refractivity contribution in [2.45, 2.75) is 17.9 Å². The molecule has 0 aromatic heterocycles. The Labute approximate surface area is 156 Å². The van der Waals surface area contributed by atoms with Crippen LogP contribution in [-0.4, -0.2) is 34.7 Å². The van der Waals surface area contributed by atoms with Crippen LogP contribution in [-0.2, 0) is 15.3 Å². The molecule has 2 aromatic carbocycles. The SMILES string of the molecule is C[C@H](SCc1ccccc1)C(=O)Nc1cccc(C(=O)NCC(=O)O)c1. The highest BCUT2D eigenvalue weighted by atomic mass is 32.2. The lowest BCUT2D eigenvalue weighted by atomic mass is 10.2. The van der Waals surface area contributed by atoms with Gasteiger partial charge in [-0.25, -0.2) is 0 Å². The number of hydrogen-bond acceptors (Lipinski definition) is 4. The molecule has 0 spiro atoms. The summed E-state index contributed by atoms with van der Waals surface area (Å²) in [5.74, 6) is -1.05. The van der Waals surface area contributed by atoms with Crippen molar-refractivity contribution in [3.05, 3.63) is 65.7 Å². The Bertz CT molecular complexity index is 780. The van der Waals surface area contributed by atoms with E-state index >= 15 is 0 Å². The van der Waals surface area contributed by atoms with E-state index in [2.05, 4.69) is 10.6 Å². The summed E-state index contributed by atoms with van der Waals surface area (Å²) < 4.78 is 0. The lowest BCUT2D eigenvalue weighted by Crippen LogP contribution is -2.29. The number of hydrogen-bond donors (Lipinski definition) is 3. The fourth-order valence-electron chi connectivity index (χ4n) is 2.11. The summed E-state index contributed by atoms with van der Waals surface area (Å²) in [6.45, 7) is 1.37. The number of benzene rings is 2. The number of rotatable bonds is 8. The van der Waals surface area contributed by atoms with Crippen molar-refractivity contribution in [2.75, 3.05) is 11.9 Å². The molecule has 0 heterocycles. The summed E-state index contributed by atoms with van der Waals surface area (Å²) in [6, 6.07) is 16.3. The monoisotopic (exact) mass is 372 g/mol. The molecule has 7 heteroatoms. The molecule has 0 saturated carbocycles. The lowest BCUT2D eigenvalue weighted by molar-refractivity contribution is -0.135. The molecule has 0 fully saturated rings. The van der Waals surface area contributed by atoms with Crippen molar-refractivity contribution in [2.24, 2.45) is 0 Å². The van der Waals surface area contributed by atoms with Crippen LogP contribution >= 0.6 is 11.8 Å². The highest BCUT2D eigenvalue weighted by molar-refractivity contribution is 7.99. The van der Waals surface area contributed by atoms with E-state index in [1.807, 2.05) is 37.3 Å². The van der Waals surface area contributed by atoms with Gasteiger partial charge in [0.15, 0.2) is 0 Å². The largest absolute Gasteiger partial charge is 0.480 e. The van der Waals surface area contributed by atoms with E-state index in [4.69, 9.17) is 5.11 Å². The Balaban J connectivity index is 1.90. The molecule has 6 nitrogen and oxygen atoms in total. The first-order valence-corrected chi connectivity index (χ1v) is 9.07. The number of carbonyl (C=O) groups excluding carboxylic acids is 2. The molecule has 2 aromatic rings. The van der Waals surface area contributed by atoms with Gasteiger partial charge >= 0.3 is 5.97 Å². The Morgan fingerprint density at radius 1 is 1.08 bits per heavy atom. The van der Waals surface area contributed by atoms with Gasteiger partial charge in [0, 0.05) is 17.0 Å². The zero-order valence-corrected chi connectivity index (χ0v) is 15.1. The number of anilines is 1. The molecule has 0 bridgehead atoms. The van der Waals surface area contributed by atoms with E-state index in [-0.39, 0.29) is 16.7 Å². The number of carboxylic acids is 1. The van der Waals surface area contributed by atoms with Crippen LogP contribution in [0, 0.1) is 0 Å². The average Bonchev–Trinajstić information content (AvgIpc) is 2.65. The summed E-state index contributed by atoms with van der Waals surface area (Å²) in [6.07, 6.45) is 0. The van der Waals surface area contributed by atoms with Crippen LogP contribution in [0.1, 0.15) is 22.8 Å². The highest BCUT2D eigenvalue weighted by Crippen LogP contribution is 2.19. The second-order valence-electron chi connectivity index (χ2n) is 5.59. The molecule has 0 aliphatic carbocycles. The molecule has 2 amide bonds. The first kappa shape index (κ1) is 19.5. The zero-order valence-electron chi connectivity index (χ0n) is 14.3. The van der Waals surface area contributed by atoms with Gasteiger partial charge in [0.2, 0.25) is 5.91 Å². The van der Waals surface area contributed by atoms with Gasteiger partial charge in [0.05, 0.1) is 5.25 Å². The van der Waals surface area contributed by atoms with Crippen LogP contribution in [0.2, 0.25) is 0 Å². The molecule has 0 saturated heterocycles. The van der Waals surface area contributed by atoms with Gasteiger partial charge in [-0.05, 0) is 30.7 Å². The van der Waals surface area contributed by atoms with E-state index in [9.17, 15) is 14.4 Å². The summed E-state index contributed by atoms with van der Waals surface area (Å²) >= 11 is 1.52. The quantitative estimate of drug-likeness (QED) is 0.662. The topological polar surface area (TPSA) is 95.5 Å². The van der Waals surface area contributed by atoms with Gasteiger partial charge in [-0.15, -0.1) is 11.8 Å². The van der Waals surface area contributed by atoms with Crippen molar-refractivity contribution in [3.8, 4) is 0 Å². The van der Waals surface area contributed by atoms with Crippen LogP contribution < -0.4 is 10.6 Å². The smallest absolute Gasteiger partial charge is 0.322 e. The fraction of sp³-hybridized carbons (Fsp3) is 0.211. The Morgan fingerprint density at radius 2 is 1.81 bits per heavy atom. The molecule has 2 rings (SSSR count). The highest BCUT2D eigenvalue weighted by Gasteiger charge is 2.15. The van der Waals surface area contributed by atoms with Crippen molar-refractivity contribution in [1.29, 1.82) is 0 Å². The van der Waals surface area contributed by atoms with Crippen molar-refractivity contribution in [1.82, 2.24) is 5.32 Å². The van der Waals surface area contributed by atoms with Crippen molar-refractivity contribution in [3.63, 3.8) is 0 Å². The standard InChI is InChI=1S/C19H20N2O4S/c1-13(26-12-14-6-3-2-4-7-14)18(24)21-16-9-5-8-15(10-16)19(25)20-11-17(22)23/h2-10,13H,11-12H2,1H3,(H,20,25)(H,21,24)(H,22,23)/t13-/m0/s1. The predicted octanol–water partition coefficient (Wildman–Crippen LogP) is 2.76. The summed E-state index contributed by atoms with van der Waals surface area (Å²) in [5, 5.41) is 13.4. The maximum absolute atomic E-state index is 12.3. The zero-order chi connectivity index (χ0) is 18.9. The Kier molecular flexibility index (Phi) is 7.23. The van der Waals surface area contributed by atoms with Crippen LogP contribution in [0.3, 0.4) is 0 Å². The molecule has 0 radical (unpaired) electrons. The summed E-state index contributed by atoms with van der Waals surface area (Å²) in [7, 11) is 0. The van der Waals surface area contributed by atoms with E-state index in [0.717, 1.165) is 11.3 Å². The normalized spacial score (nSPS) is 11.4. The second-order valence-corrected chi connectivity index (χ2v) is 6.91. The van der Waals surface area contributed by atoms with E-state index in [1.165, 1.54) is 17.8 Å². The van der Waals surface area contributed by atoms with Gasteiger partial charge in [-0.2, -0.15) is 0 Å². The van der Waals surface area contributed by atoms with Crippen LogP contribution in [0.4, 0.5) is 5.69 Å². The van der Waals surface area contributed by atoms with Crippen molar-refractivity contribution >= 4 is 35.2 Å². The van der Waals surface area contributed by atoms with Gasteiger partial charge in [0.1, 0.15) is 6.54 Å². The van der Waals surface area contributed by atoms with Gasteiger partial charge in [-0.1, -0.05) is 36.4 Å². The van der Waals surface area contributed by atoms with Gasteiger partial charge in [0.25, 0.3) is 5.91 Å².